The van der Waals surface area contributed by atoms with Gasteiger partial charge in [0.1, 0.15) is 11.6 Å². The third kappa shape index (κ3) is 4.74. The fraction of sp³-hybridized carbons (Fsp3) is 0.375. The fourth-order valence-electron chi connectivity index (χ4n) is 6.84. The average Bonchev–Trinajstić information content (AvgIpc) is 3.29. The van der Waals surface area contributed by atoms with Crippen molar-refractivity contribution in [3.05, 3.63) is 71.6 Å². The van der Waals surface area contributed by atoms with Gasteiger partial charge in [0.2, 0.25) is 0 Å². The number of sulfone groups is 1. The van der Waals surface area contributed by atoms with Crippen LogP contribution in [0.4, 0.5) is 25.8 Å². The maximum atomic E-state index is 15.9. The van der Waals surface area contributed by atoms with Gasteiger partial charge in [0.15, 0.2) is 9.84 Å². The molecule has 0 saturated carbocycles. The first-order chi connectivity index (χ1) is 20.7. The SMILES string of the molecule is Cc1c(-c2ccccc2S(C)(=O)=O)nc2cc(F)cc(F)c2c1N1CC2(CCOCC2)c2ncc(N3CCOCC3)cc21. The Kier molecular flexibility index (Phi) is 6.87. The molecule has 224 valence electrons. The Morgan fingerprint density at radius 2 is 1.70 bits per heavy atom. The molecule has 2 fully saturated rings. The van der Waals surface area contributed by atoms with Crippen molar-refractivity contribution in [3.8, 4) is 11.3 Å². The molecule has 2 aromatic carbocycles. The van der Waals surface area contributed by atoms with Gasteiger partial charge in [-0.15, -0.1) is 0 Å². The number of pyridine rings is 2. The van der Waals surface area contributed by atoms with Gasteiger partial charge in [-0.3, -0.25) is 4.98 Å². The average molecular weight is 607 g/mol. The van der Waals surface area contributed by atoms with E-state index in [0.717, 1.165) is 55.3 Å². The molecule has 1 spiro atoms. The topological polar surface area (TPSA) is 84.9 Å². The van der Waals surface area contributed by atoms with E-state index in [1.807, 2.05) is 13.1 Å². The maximum Gasteiger partial charge on any atom is 0.176 e. The van der Waals surface area contributed by atoms with Crippen LogP contribution in [0.15, 0.2) is 53.6 Å². The molecule has 8 nitrogen and oxygen atoms in total. The molecule has 0 N–H and O–H groups in total. The molecule has 0 aliphatic carbocycles. The lowest BCUT2D eigenvalue weighted by Gasteiger charge is -2.34. The summed E-state index contributed by atoms with van der Waals surface area (Å²) in [6.45, 7) is 6.23. The van der Waals surface area contributed by atoms with Crippen LogP contribution in [0, 0.1) is 18.6 Å². The Morgan fingerprint density at radius 3 is 2.44 bits per heavy atom. The van der Waals surface area contributed by atoms with Crippen molar-refractivity contribution in [2.75, 3.05) is 62.1 Å². The molecule has 0 unspecified atom stereocenters. The van der Waals surface area contributed by atoms with E-state index in [1.165, 1.54) is 12.1 Å². The second-order valence-corrected chi connectivity index (χ2v) is 13.6. The number of aromatic nitrogens is 2. The maximum absolute atomic E-state index is 15.9. The molecule has 0 amide bonds. The summed E-state index contributed by atoms with van der Waals surface area (Å²) in [7, 11) is -3.63. The molecule has 3 aliphatic heterocycles. The predicted molar refractivity (Wildman–Crippen MR) is 161 cm³/mol. The second-order valence-electron chi connectivity index (χ2n) is 11.6. The van der Waals surface area contributed by atoms with E-state index in [2.05, 4.69) is 15.9 Å². The van der Waals surface area contributed by atoms with Crippen LogP contribution in [0.2, 0.25) is 0 Å². The molecule has 0 radical (unpaired) electrons. The number of nitrogens with zero attached hydrogens (tertiary/aromatic N) is 4. The number of halogens is 2. The van der Waals surface area contributed by atoms with Crippen LogP contribution in [0.1, 0.15) is 24.1 Å². The van der Waals surface area contributed by atoms with Gasteiger partial charge in [0.05, 0.1) is 63.7 Å². The van der Waals surface area contributed by atoms with Gasteiger partial charge in [0.25, 0.3) is 0 Å². The Hall–Kier alpha value is -3.67. The fourth-order valence-corrected chi connectivity index (χ4v) is 7.73. The van der Waals surface area contributed by atoms with Gasteiger partial charge >= 0.3 is 0 Å². The smallest absolute Gasteiger partial charge is 0.176 e. The monoisotopic (exact) mass is 606 g/mol. The number of morpholine rings is 1. The van der Waals surface area contributed by atoms with Crippen LogP contribution in [0.5, 0.6) is 0 Å². The number of benzene rings is 2. The van der Waals surface area contributed by atoms with E-state index >= 15 is 4.39 Å². The van der Waals surface area contributed by atoms with Crippen LogP contribution < -0.4 is 9.80 Å². The summed E-state index contributed by atoms with van der Waals surface area (Å²) in [6.07, 6.45) is 4.56. The molecule has 0 atom stereocenters. The zero-order valence-corrected chi connectivity index (χ0v) is 24.9. The van der Waals surface area contributed by atoms with E-state index in [-0.39, 0.29) is 21.2 Å². The highest BCUT2D eigenvalue weighted by molar-refractivity contribution is 7.90. The molecule has 2 saturated heterocycles. The molecule has 3 aliphatic rings. The normalized spacial score (nSPS) is 18.4. The van der Waals surface area contributed by atoms with Gasteiger partial charge in [-0.25, -0.2) is 22.2 Å². The minimum atomic E-state index is -3.63. The van der Waals surface area contributed by atoms with E-state index in [9.17, 15) is 12.8 Å². The van der Waals surface area contributed by atoms with Crippen LogP contribution >= 0.6 is 0 Å². The van der Waals surface area contributed by atoms with Gasteiger partial charge in [0, 0.05) is 62.2 Å². The largest absolute Gasteiger partial charge is 0.381 e. The number of ether oxygens (including phenoxy) is 2. The zero-order valence-electron chi connectivity index (χ0n) is 24.1. The summed E-state index contributed by atoms with van der Waals surface area (Å²) in [4.78, 5) is 14.1. The summed E-state index contributed by atoms with van der Waals surface area (Å²) < 4.78 is 67.5. The van der Waals surface area contributed by atoms with Crippen molar-refractivity contribution in [2.24, 2.45) is 0 Å². The summed E-state index contributed by atoms with van der Waals surface area (Å²) in [5.41, 5.74) is 4.40. The van der Waals surface area contributed by atoms with Gasteiger partial charge < -0.3 is 19.3 Å². The summed E-state index contributed by atoms with van der Waals surface area (Å²) >= 11 is 0. The molecular formula is C32H32F2N4O4S. The lowest BCUT2D eigenvalue weighted by atomic mass is 9.78. The van der Waals surface area contributed by atoms with E-state index < -0.39 is 21.5 Å². The number of rotatable bonds is 4. The second kappa shape index (κ2) is 10.5. The summed E-state index contributed by atoms with van der Waals surface area (Å²) in [6, 6.07) is 10.8. The first-order valence-electron chi connectivity index (χ1n) is 14.4. The standard InChI is InChI=1S/C32H32F2N4O4S/c1-20-29(23-5-3-4-6-27(23)43(2,39)40)36-25-16-21(33)15-24(34)28(25)30(20)38-19-32(7-11-41-12-8-32)31-26(38)17-22(18-35-31)37-9-13-42-14-10-37/h3-6,15-18H,7-14,19H2,1-2H3. The highest BCUT2D eigenvalue weighted by atomic mass is 32.2. The zero-order chi connectivity index (χ0) is 29.9. The molecule has 2 aromatic heterocycles. The molecule has 11 heteroatoms. The molecule has 0 bridgehead atoms. The summed E-state index contributed by atoms with van der Waals surface area (Å²) in [5, 5.41) is 0.186. The van der Waals surface area contributed by atoms with E-state index in [4.69, 9.17) is 19.4 Å². The number of hydrogen-bond donors (Lipinski definition) is 0. The Bertz CT molecular complexity index is 1850. The molecule has 5 heterocycles. The Balaban J connectivity index is 1.51. The highest BCUT2D eigenvalue weighted by Crippen LogP contribution is 2.52. The van der Waals surface area contributed by atoms with Crippen LogP contribution in [0.3, 0.4) is 0 Å². The first kappa shape index (κ1) is 28.1. The van der Waals surface area contributed by atoms with Crippen molar-refractivity contribution < 1.29 is 26.7 Å². The lowest BCUT2D eigenvalue weighted by molar-refractivity contribution is 0.0545. The summed E-state index contributed by atoms with van der Waals surface area (Å²) in [5.74, 6) is -1.48. The number of fused-ring (bicyclic) bond motifs is 3. The van der Waals surface area contributed by atoms with Crippen LogP contribution in [-0.2, 0) is 24.7 Å². The minimum absolute atomic E-state index is 0.103. The van der Waals surface area contributed by atoms with Gasteiger partial charge in [-0.1, -0.05) is 18.2 Å². The van der Waals surface area contributed by atoms with Crippen LogP contribution in [0.25, 0.3) is 22.2 Å². The van der Waals surface area contributed by atoms with Gasteiger partial charge in [-0.2, -0.15) is 0 Å². The molecule has 4 aromatic rings. The number of hydrogen-bond acceptors (Lipinski definition) is 8. The third-order valence-electron chi connectivity index (χ3n) is 8.96. The Labute approximate surface area is 249 Å². The van der Waals surface area contributed by atoms with E-state index in [1.54, 1.807) is 18.2 Å². The van der Waals surface area contributed by atoms with Crippen molar-refractivity contribution in [2.45, 2.75) is 30.1 Å². The van der Waals surface area contributed by atoms with Crippen molar-refractivity contribution in [1.82, 2.24) is 9.97 Å². The third-order valence-corrected chi connectivity index (χ3v) is 10.1. The number of anilines is 3. The lowest BCUT2D eigenvalue weighted by Crippen LogP contribution is -2.38. The van der Waals surface area contributed by atoms with Crippen molar-refractivity contribution >= 4 is 37.8 Å². The van der Waals surface area contributed by atoms with Crippen molar-refractivity contribution in [1.29, 1.82) is 0 Å². The van der Waals surface area contributed by atoms with Gasteiger partial charge in [-0.05, 0) is 37.5 Å². The first-order valence-corrected chi connectivity index (χ1v) is 16.3. The molecule has 43 heavy (non-hydrogen) atoms. The molecule has 7 rings (SSSR count). The van der Waals surface area contributed by atoms with Crippen LogP contribution in [-0.4, -0.2) is 70.7 Å². The molecular weight excluding hydrogens is 574 g/mol. The van der Waals surface area contributed by atoms with E-state index in [0.29, 0.717) is 55.5 Å². The highest BCUT2D eigenvalue weighted by Gasteiger charge is 2.47. The quantitative estimate of drug-likeness (QED) is 0.309. The van der Waals surface area contributed by atoms with Crippen molar-refractivity contribution in [3.63, 3.8) is 0 Å². The minimum Gasteiger partial charge on any atom is -0.381 e. The Morgan fingerprint density at radius 1 is 0.977 bits per heavy atom. The predicted octanol–water partition coefficient (Wildman–Crippen LogP) is 5.32.